The average molecular weight is 328 g/mol. The first-order valence-electron chi connectivity index (χ1n) is 8.01. The van der Waals surface area contributed by atoms with E-state index in [0.29, 0.717) is 16.9 Å². The molecule has 1 aliphatic rings. The van der Waals surface area contributed by atoms with Gasteiger partial charge in [0.05, 0.1) is 23.1 Å². The predicted molar refractivity (Wildman–Crippen MR) is 87.3 cm³/mol. The smallest absolute Gasteiger partial charge is 0.259 e. The fourth-order valence-corrected chi connectivity index (χ4v) is 2.82. The Hall–Kier alpha value is -2.77. The Kier molecular flexibility index (Phi) is 4.83. The highest BCUT2D eigenvalue weighted by Gasteiger charge is 2.17. The Morgan fingerprint density at radius 3 is 2.83 bits per heavy atom. The monoisotopic (exact) mass is 328 g/mol. The molecule has 2 amide bonds. The summed E-state index contributed by atoms with van der Waals surface area (Å²) in [4.78, 5) is 32.0. The molecule has 2 heterocycles. The van der Waals surface area contributed by atoms with Gasteiger partial charge in [0.1, 0.15) is 12.9 Å². The van der Waals surface area contributed by atoms with Gasteiger partial charge in [0.15, 0.2) is 0 Å². The molecule has 24 heavy (non-hydrogen) atoms. The van der Waals surface area contributed by atoms with Crippen LogP contribution in [-0.4, -0.2) is 37.6 Å². The number of rotatable bonds is 5. The van der Waals surface area contributed by atoms with Crippen molar-refractivity contribution < 1.29 is 9.59 Å². The fourth-order valence-electron chi connectivity index (χ4n) is 2.82. The van der Waals surface area contributed by atoms with Gasteiger partial charge in [0, 0.05) is 18.4 Å². The maximum Gasteiger partial charge on any atom is 0.259 e. The van der Waals surface area contributed by atoms with E-state index in [1.165, 1.54) is 36.2 Å². The molecule has 0 atom stereocenters. The molecule has 8 nitrogen and oxygen atoms in total. The molecule has 0 radical (unpaired) electrons. The molecule has 0 saturated heterocycles. The third-order valence-electron chi connectivity index (χ3n) is 4.07. The number of carbonyl (C=O) groups excluding carboxylic acids is 2. The van der Waals surface area contributed by atoms with E-state index < -0.39 is 0 Å². The van der Waals surface area contributed by atoms with Crippen molar-refractivity contribution in [1.29, 1.82) is 0 Å². The van der Waals surface area contributed by atoms with Crippen molar-refractivity contribution >= 4 is 17.5 Å². The molecule has 0 aliphatic heterocycles. The molecular formula is C16H20N6O2. The predicted octanol–water partition coefficient (Wildman–Crippen LogP) is 1.29. The van der Waals surface area contributed by atoms with Gasteiger partial charge in [-0.05, 0) is 19.8 Å². The number of hydrogen-bond donors (Lipinski definition) is 2. The van der Waals surface area contributed by atoms with Crippen LogP contribution in [-0.2, 0) is 11.3 Å². The lowest BCUT2D eigenvalue weighted by Crippen LogP contribution is -2.35. The summed E-state index contributed by atoms with van der Waals surface area (Å²) in [6.45, 7) is 1.88. The SMILES string of the molecule is Cc1ncncc1C(=O)Nc1cnn(CC(=O)NC2CCCC2)c1. The summed E-state index contributed by atoms with van der Waals surface area (Å²) in [5, 5.41) is 9.85. The van der Waals surface area contributed by atoms with Crippen molar-refractivity contribution in [2.24, 2.45) is 0 Å². The van der Waals surface area contributed by atoms with E-state index in [1.54, 1.807) is 13.1 Å². The van der Waals surface area contributed by atoms with E-state index in [2.05, 4.69) is 25.7 Å². The van der Waals surface area contributed by atoms with E-state index in [4.69, 9.17) is 0 Å². The third kappa shape index (κ3) is 3.95. The van der Waals surface area contributed by atoms with Crippen molar-refractivity contribution in [3.8, 4) is 0 Å². The number of hydrogen-bond acceptors (Lipinski definition) is 5. The van der Waals surface area contributed by atoms with Crippen LogP contribution in [0, 0.1) is 6.92 Å². The lowest BCUT2D eigenvalue weighted by atomic mass is 10.2. The van der Waals surface area contributed by atoms with Crippen LogP contribution in [0.5, 0.6) is 0 Å². The molecule has 0 bridgehead atoms. The standard InChI is InChI=1S/C16H20N6O2/c1-11-14(7-17-10-18-11)16(24)21-13-6-19-22(8-13)9-15(23)20-12-4-2-3-5-12/h6-8,10,12H,2-5,9H2,1H3,(H,20,23)(H,21,24). The van der Waals surface area contributed by atoms with Gasteiger partial charge >= 0.3 is 0 Å². The Morgan fingerprint density at radius 2 is 2.08 bits per heavy atom. The number of carbonyl (C=O) groups is 2. The molecule has 1 fully saturated rings. The summed E-state index contributed by atoms with van der Waals surface area (Å²) in [7, 11) is 0. The summed E-state index contributed by atoms with van der Waals surface area (Å²) < 4.78 is 1.51. The van der Waals surface area contributed by atoms with Gasteiger partial charge in [0.2, 0.25) is 5.91 Å². The molecule has 2 N–H and O–H groups in total. The second kappa shape index (κ2) is 7.20. The Balaban J connectivity index is 1.56. The fraction of sp³-hybridized carbons (Fsp3) is 0.438. The first-order valence-corrected chi connectivity index (χ1v) is 8.01. The third-order valence-corrected chi connectivity index (χ3v) is 4.07. The summed E-state index contributed by atoms with van der Waals surface area (Å²) in [5.74, 6) is -0.363. The molecule has 1 aliphatic carbocycles. The highest BCUT2D eigenvalue weighted by Crippen LogP contribution is 2.17. The van der Waals surface area contributed by atoms with Gasteiger partial charge < -0.3 is 10.6 Å². The minimum absolute atomic E-state index is 0.0600. The summed E-state index contributed by atoms with van der Waals surface area (Å²) in [5.41, 5.74) is 1.53. The van der Waals surface area contributed by atoms with E-state index in [1.807, 2.05) is 0 Å². The van der Waals surface area contributed by atoms with Crippen LogP contribution in [0.1, 0.15) is 41.7 Å². The van der Waals surface area contributed by atoms with Gasteiger partial charge in [-0.15, -0.1) is 0 Å². The molecule has 8 heteroatoms. The number of nitrogens with zero attached hydrogens (tertiary/aromatic N) is 4. The molecule has 0 spiro atoms. The molecule has 0 aromatic carbocycles. The van der Waals surface area contributed by atoms with Crippen LogP contribution < -0.4 is 10.6 Å². The van der Waals surface area contributed by atoms with Gasteiger partial charge in [0.25, 0.3) is 5.91 Å². The van der Waals surface area contributed by atoms with Gasteiger partial charge in [-0.1, -0.05) is 12.8 Å². The molecule has 2 aromatic rings. The Bertz CT molecular complexity index is 736. The zero-order valence-corrected chi connectivity index (χ0v) is 13.5. The van der Waals surface area contributed by atoms with E-state index in [-0.39, 0.29) is 24.4 Å². The van der Waals surface area contributed by atoms with Crippen LogP contribution in [0.2, 0.25) is 0 Å². The first kappa shape index (κ1) is 16.1. The van der Waals surface area contributed by atoms with E-state index in [0.717, 1.165) is 12.8 Å². The second-order valence-corrected chi connectivity index (χ2v) is 5.95. The largest absolute Gasteiger partial charge is 0.352 e. The van der Waals surface area contributed by atoms with Crippen LogP contribution in [0.25, 0.3) is 0 Å². The quantitative estimate of drug-likeness (QED) is 0.861. The normalized spacial score (nSPS) is 14.5. The van der Waals surface area contributed by atoms with Crippen LogP contribution in [0.15, 0.2) is 24.9 Å². The highest BCUT2D eigenvalue weighted by molar-refractivity contribution is 6.04. The Labute approximate surface area is 139 Å². The lowest BCUT2D eigenvalue weighted by Gasteiger charge is -2.11. The molecule has 126 valence electrons. The summed E-state index contributed by atoms with van der Waals surface area (Å²) in [6, 6.07) is 0.285. The first-order chi connectivity index (χ1) is 11.6. The zero-order chi connectivity index (χ0) is 16.9. The Morgan fingerprint density at radius 1 is 1.29 bits per heavy atom. The number of aryl methyl sites for hydroxylation is 1. The van der Waals surface area contributed by atoms with Crippen LogP contribution >= 0.6 is 0 Å². The minimum atomic E-state index is -0.303. The average Bonchev–Trinajstić information content (AvgIpc) is 3.20. The number of nitrogens with one attached hydrogen (secondary N) is 2. The molecule has 2 aromatic heterocycles. The molecule has 3 rings (SSSR count). The van der Waals surface area contributed by atoms with Crippen molar-refractivity contribution in [2.45, 2.75) is 45.2 Å². The van der Waals surface area contributed by atoms with Crippen molar-refractivity contribution in [3.63, 3.8) is 0 Å². The van der Waals surface area contributed by atoms with Gasteiger partial charge in [-0.25, -0.2) is 9.97 Å². The van der Waals surface area contributed by atoms with Gasteiger partial charge in [-0.3, -0.25) is 14.3 Å². The molecule has 1 saturated carbocycles. The summed E-state index contributed by atoms with van der Waals surface area (Å²) in [6.07, 6.45) is 10.4. The van der Waals surface area contributed by atoms with E-state index >= 15 is 0 Å². The molecule has 0 unspecified atom stereocenters. The van der Waals surface area contributed by atoms with Crippen molar-refractivity contribution in [3.05, 3.63) is 36.2 Å². The topological polar surface area (TPSA) is 102 Å². The number of anilines is 1. The van der Waals surface area contributed by atoms with Crippen molar-refractivity contribution in [1.82, 2.24) is 25.1 Å². The summed E-state index contributed by atoms with van der Waals surface area (Å²) >= 11 is 0. The lowest BCUT2D eigenvalue weighted by molar-refractivity contribution is -0.122. The van der Waals surface area contributed by atoms with E-state index in [9.17, 15) is 9.59 Å². The van der Waals surface area contributed by atoms with Crippen LogP contribution in [0.4, 0.5) is 5.69 Å². The van der Waals surface area contributed by atoms with Gasteiger partial charge in [-0.2, -0.15) is 5.10 Å². The highest BCUT2D eigenvalue weighted by atomic mass is 16.2. The van der Waals surface area contributed by atoms with Crippen LogP contribution in [0.3, 0.4) is 0 Å². The van der Waals surface area contributed by atoms with Crippen molar-refractivity contribution in [2.75, 3.05) is 5.32 Å². The zero-order valence-electron chi connectivity index (χ0n) is 13.5. The number of amides is 2. The maximum atomic E-state index is 12.2. The minimum Gasteiger partial charge on any atom is -0.352 e. The maximum absolute atomic E-state index is 12.2. The molecular weight excluding hydrogens is 308 g/mol. The number of aromatic nitrogens is 4. The second-order valence-electron chi connectivity index (χ2n) is 5.95.